The minimum Gasteiger partial charge on any atom is -0.508 e. The fourth-order valence-corrected chi connectivity index (χ4v) is 5.12. The van der Waals surface area contributed by atoms with Crippen LogP contribution in [-0.4, -0.2) is 10.2 Å². The third kappa shape index (κ3) is 3.11. The first-order valence-electron chi connectivity index (χ1n) is 10.00. The normalized spacial score (nSPS) is 25.6. The van der Waals surface area contributed by atoms with Crippen LogP contribution in [-0.2, 0) is 6.42 Å². The zero-order valence-electron chi connectivity index (χ0n) is 15.7. The molecule has 0 aromatic heterocycles. The lowest BCUT2D eigenvalue weighted by Gasteiger charge is -2.36. The average molecular weight is 372 g/mol. The van der Waals surface area contributed by atoms with Crippen molar-refractivity contribution in [2.24, 2.45) is 11.8 Å². The van der Waals surface area contributed by atoms with Gasteiger partial charge in [-0.15, -0.1) is 0 Å². The predicted octanol–water partition coefficient (Wildman–Crippen LogP) is 5.58. The van der Waals surface area contributed by atoms with Crippen LogP contribution >= 0.6 is 0 Å². The summed E-state index contributed by atoms with van der Waals surface area (Å²) in [4.78, 5) is 0. The minimum absolute atomic E-state index is 0.0246. The number of benzene rings is 3. The van der Waals surface area contributed by atoms with Crippen molar-refractivity contribution in [1.82, 2.24) is 0 Å². The standard InChI is InChI=1S/C25H24O3/c26-19-8-6-18(7-9-19)25-23-14-17(12-16-4-2-1-3-5-16)13-21(23)22-15-20(27)10-11-24(22)28-25/h1-11,15,17,21,23,25-27H,12-14H2/t17-,21-,23-,25-/m0/s1. The third-order valence-electron chi connectivity index (χ3n) is 6.33. The molecule has 0 spiro atoms. The van der Waals surface area contributed by atoms with E-state index in [0.29, 0.717) is 23.5 Å². The summed E-state index contributed by atoms with van der Waals surface area (Å²) >= 11 is 0. The van der Waals surface area contributed by atoms with Crippen LogP contribution in [0.2, 0.25) is 0 Å². The lowest BCUT2D eigenvalue weighted by Crippen LogP contribution is -2.26. The summed E-state index contributed by atoms with van der Waals surface area (Å²) in [5, 5.41) is 19.7. The summed E-state index contributed by atoms with van der Waals surface area (Å²) in [6.45, 7) is 0. The van der Waals surface area contributed by atoms with Crippen LogP contribution in [0.1, 0.15) is 41.6 Å². The second-order valence-electron chi connectivity index (χ2n) is 8.15. The van der Waals surface area contributed by atoms with Gasteiger partial charge in [-0.25, -0.2) is 0 Å². The molecule has 3 heteroatoms. The highest BCUT2D eigenvalue weighted by Gasteiger charge is 2.45. The van der Waals surface area contributed by atoms with Gasteiger partial charge >= 0.3 is 0 Å². The number of hydrogen-bond donors (Lipinski definition) is 2. The summed E-state index contributed by atoms with van der Waals surface area (Å²) in [6, 6.07) is 23.5. The average Bonchev–Trinajstić information content (AvgIpc) is 3.13. The maximum absolute atomic E-state index is 10.0. The van der Waals surface area contributed by atoms with Crippen molar-refractivity contribution in [3.63, 3.8) is 0 Å². The van der Waals surface area contributed by atoms with Crippen molar-refractivity contribution < 1.29 is 14.9 Å². The largest absolute Gasteiger partial charge is 0.508 e. The van der Waals surface area contributed by atoms with Gasteiger partial charge in [0.1, 0.15) is 23.4 Å². The summed E-state index contributed by atoms with van der Waals surface area (Å²) < 4.78 is 6.43. The first kappa shape index (κ1) is 17.2. The molecule has 3 aromatic rings. The van der Waals surface area contributed by atoms with E-state index in [1.807, 2.05) is 24.3 Å². The van der Waals surface area contributed by atoms with Crippen LogP contribution in [0.4, 0.5) is 0 Å². The van der Waals surface area contributed by atoms with E-state index >= 15 is 0 Å². The molecule has 1 aliphatic carbocycles. The molecule has 3 aromatic carbocycles. The first-order chi connectivity index (χ1) is 13.7. The van der Waals surface area contributed by atoms with E-state index in [-0.39, 0.29) is 11.9 Å². The Labute approximate surface area is 165 Å². The molecule has 0 radical (unpaired) electrons. The molecule has 1 heterocycles. The number of fused-ring (bicyclic) bond motifs is 3. The lowest BCUT2D eigenvalue weighted by atomic mass is 9.80. The van der Waals surface area contributed by atoms with Crippen molar-refractivity contribution in [2.45, 2.75) is 31.3 Å². The van der Waals surface area contributed by atoms with Crippen molar-refractivity contribution in [2.75, 3.05) is 0 Å². The molecule has 4 atom stereocenters. The molecular weight excluding hydrogens is 348 g/mol. The first-order valence-corrected chi connectivity index (χ1v) is 10.00. The fourth-order valence-electron chi connectivity index (χ4n) is 5.12. The lowest BCUT2D eigenvalue weighted by molar-refractivity contribution is 0.103. The summed E-state index contributed by atoms with van der Waals surface area (Å²) in [7, 11) is 0. The monoisotopic (exact) mass is 372 g/mol. The van der Waals surface area contributed by atoms with Gasteiger partial charge in [0.05, 0.1) is 0 Å². The van der Waals surface area contributed by atoms with E-state index in [0.717, 1.165) is 36.1 Å². The van der Waals surface area contributed by atoms with Crippen LogP contribution in [0, 0.1) is 11.8 Å². The van der Waals surface area contributed by atoms with E-state index in [9.17, 15) is 10.2 Å². The van der Waals surface area contributed by atoms with Crippen LogP contribution in [0.3, 0.4) is 0 Å². The van der Waals surface area contributed by atoms with Crippen LogP contribution in [0.15, 0.2) is 72.8 Å². The maximum Gasteiger partial charge on any atom is 0.127 e. The topological polar surface area (TPSA) is 49.7 Å². The Bertz CT molecular complexity index is 965. The summed E-state index contributed by atoms with van der Waals surface area (Å²) in [6.07, 6.45) is 3.25. The van der Waals surface area contributed by atoms with Gasteiger partial charge in [0.15, 0.2) is 0 Å². The Morgan fingerprint density at radius 3 is 2.36 bits per heavy atom. The van der Waals surface area contributed by atoms with E-state index in [2.05, 4.69) is 30.3 Å². The molecule has 1 fully saturated rings. The number of aromatic hydroxyl groups is 2. The summed E-state index contributed by atoms with van der Waals surface area (Å²) in [5.74, 6) is 2.79. The van der Waals surface area contributed by atoms with Gasteiger partial charge in [0, 0.05) is 11.5 Å². The van der Waals surface area contributed by atoms with E-state index in [1.165, 1.54) is 5.56 Å². The number of ether oxygens (including phenoxy) is 1. The molecule has 2 N–H and O–H groups in total. The van der Waals surface area contributed by atoms with Gasteiger partial charge in [-0.3, -0.25) is 0 Å². The molecule has 3 nitrogen and oxygen atoms in total. The second kappa shape index (κ2) is 6.90. The highest BCUT2D eigenvalue weighted by Crippen LogP contribution is 2.56. The smallest absolute Gasteiger partial charge is 0.127 e. The molecule has 0 saturated heterocycles. The maximum atomic E-state index is 10.0. The molecule has 142 valence electrons. The van der Waals surface area contributed by atoms with Gasteiger partial charge in [0.2, 0.25) is 0 Å². The molecule has 1 saturated carbocycles. The molecular formula is C25H24O3. The molecule has 2 aliphatic rings. The summed E-state index contributed by atoms with van der Waals surface area (Å²) in [5.41, 5.74) is 3.62. The van der Waals surface area contributed by atoms with Gasteiger partial charge in [-0.05, 0) is 72.6 Å². The molecule has 1 aliphatic heterocycles. The third-order valence-corrected chi connectivity index (χ3v) is 6.33. The Morgan fingerprint density at radius 1 is 0.821 bits per heavy atom. The molecule has 5 rings (SSSR count). The van der Waals surface area contributed by atoms with Crippen LogP contribution in [0.25, 0.3) is 0 Å². The predicted molar refractivity (Wildman–Crippen MR) is 109 cm³/mol. The number of rotatable bonds is 3. The zero-order chi connectivity index (χ0) is 19.1. The van der Waals surface area contributed by atoms with Gasteiger partial charge in [-0.2, -0.15) is 0 Å². The highest BCUT2D eigenvalue weighted by atomic mass is 16.5. The zero-order valence-corrected chi connectivity index (χ0v) is 15.7. The molecule has 0 amide bonds. The van der Waals surface area contributed by atoms with Gasteiger partial charge < -0.3 is 14.9 Å². The van der Waals surface area contributed by atoms with Crippen molar-refractivity contribution in [3.05, 3.63) is 89.5 Å². The highest BCUT2D eigenvalue weighted by molar-refractivity contribution is 5.46. The SMILES string of the molecule is Oc1ccc([C@@H]2Oc3ccc(O)cc3[C@@H]3C[C@H](Cc4ccccc4)C[C@@H]32)cc1. The van der Waals surface area contributed by atoms with Crippen LogP contribution < -0.4 is 4.74 Å². The molecule has 0 bridgehead atoms. The van der Waals surface area contributed by atoms with Crippen LogP contribution in [0.5, 0.6) is 17.2 Å². The Balaban J connectivity index is 1.49. The fraction of sp³-hybridized carbons (Fsp3) is 0.280. The number of phenolic OH excluding ortho intramolecular Hbond substituents is 2. The van der Waals surface area contributed by atoms with Gasteiger partial charge in [-0.1, -0.05) is 42.5 Å². The Kier molecular flexibility index (Phi) is 4.23. The van der Waals surface area contributed by atoms with Crippen molar-refractivity contribution in [3.8, 4) is 17.2 Å². The van der Waals surface area contributed by atoms with E-state index in [4.69, 9.17) is 4.74 Å². The number of hydrogen-bond acceptors (Lipinski definition) is 3. The van der Waals surface area contributed by atoms with E-state index < -0.39 is 0 Å². The van der Waals surface area contributed by atoms with Gasteiger partial charge in [0.25, 0.3) is 0 Å². The van der Waals surface area contributed by atoms with Crippen molar-refractivity contribution >= 4 is 0 Å². The molecule has 28 heavy (non-hydrogen) atoms. The Morgan fingerprint density at radius 2 is 1.57 bits per heavy atom. The number of phenols is 2. The Hall–Kier alpha value is -2.94. The second-order valence-corrected chi connectivity index (χ2v) is 8.15. The van der Waals surface area contributed by atoms with E-state index in [1.54, 1.807) is 18.2 Å². The molecule has 0 unspecified atom stereocenters. The minimum atomic E-state index is -0.0246. The quantitative estimate of drug-likeness (QED) is 0.631. The van der Waals surface area contributed by atoms with Crippen molar-refractivity contribution in [1.29, 1.82) is 0 Å².